The number of hydrogen-bond donors (Lipinski definition) is 1. The van der Waals surface area contributed by atoms with E-state index >= 15 is 0 Å². The maximum atomic E-state index is 5.99. The zero-order chi connectivity index (χ0) is 15.6. The molecular formula is C16H29N3OS. The predicted molar refractivity (Wildman–Crippen MR) is 90.3 cm³/mol. The third kappa shape index (κ3) is 4.41. The van der Waals surface area contributed by atoms with Crippen molar-refractivity contribution in [1.29, 1.82) is 0 Å². The lowest BCUT2D eigenvalue weighted by atomic mass is 10.1. The van der Waals surface area contributed by atoms with Gasteiger partial charge in [0.1, 0.15) is 0 Å². The summed E-state index contributed by atoms with van der Waals surface area (Å²) in [6.07, 6.45) is 1.24. The van der Waals surface area contributed by atoms with E-state index in [4.69, 9.17) is 9.72 Å². The first-order chi connectivity index (χ1) is 9.80. The van der Waals surface area contributed by atoms with Crippen LogP contribution < -0.4 is 10.2 Å². The van der Waals surface area contributed by atoms with E-state index in [0.717, 1.165) is 31.2 Å². The third-order valence-electron chi connectivity index (χ3n) is 3.61. The minimum Gasteiger partial charge on any atom is -0.369 e. The standard InChI is InChI=1S/C16H29N3OS/c1-7-13-14(8-17-11(2)3)21-15(18-13)19-9-12(4)20-16(5,6)10-19/h11-12,17H,7-10H2,1-6H3. The SMILES string of the molecule is CCc1nc(N2CC(C)OC(C)(C)C2)sc1CNC(C)C. The van der Waals surface area contributed by atoms with Crippen molar-refractivity contribution in [3.05, 3.63) is 10.6 Å². The van der Waals surface area contributed by atoms with Crippen molar-refractivity contribution < 1.29 is 4.74 Å². The number of nitrogens with zero attached hydrogens (tertiary/aromatic N) is 2. The van der Waals surface area contributed by atoms with E-state index in [1.807, 2.05) is 11.3 Å². The lowest BCUT2D eigenvalue weighted by Crippen LogP contribution is -2.52. The highest BCUT2D eigenvalue weighted by Crippen LogP contribution is 2.31. The molecule has 1 N–H and O–H groups in total. The third-order valence-corrected chi connectivity index (χ3v) is 4.77. The summed E-state index contributed by atoms with van der Waals surface area (Å²) in [7, 11) is 0. The molecule has 1 aromatic rings. The van der Waals surface area contributed by atoms with Crippen molar-refractivity contribution in [1.82, 2.24) is 10.3 Å². The Bertz CT molecular complexity index is 470. The molecule has 4 nitrogen and oxygen atoms in total. The van der Waals surface area contributed by atoms with Crippen LogP contribution in [0.25, 0.3) is 0 Å². The van der Waals surface area contributed by atoms with Crippen molar-refractivity contribution >= 4 is 16.5 Å². The highest BCUT2D eigenvalue weighted by Gasteiger charge is 2.32. The maximum absolute atomic E-state index is 5.99. The van der Waals surface area contributed by atoms with Gasteiger partial charge < -0.3 is 15.0 Å². The minimum atomic E-state index is -0.105. The number of morpholine rings is 1. The normalized spacial score (nSPS) is 22.0. The summed E-state index contributed by atoms with van der Waals surface area (Å²) < 4.78 is 5.99. The van der Waals surface area contributed by atoms with Crippen molar-refractivity contribution in [3.63, 3.8) is 0 Å². The molecule has 1 fully saturated rings. The number of anilines is 1. The van der Waals surface area contributed by atoms with E-state index in [2.05, 4.69) is 51.8 Å². The summed E-state index contributed by atoms with van der Waals surface area (Å²) in [6.45, 7) is 15.8. The Hall–Kier alpha value is -0.650. The van der Waals surface area contributed by atoms with Crippen molar-refractivity contribution in [2.24, 2.45) is 0 Å². The molecular weight excluding hydrogens is 282 g/mol. The van der Waals surface area contributed by atoms with Crippen molar-refractivity contribution in [2.75, 3.05) is 18.0 Å². The number of aromatic nitrogens is 1. The molecule has 1 aliphatic heterocycles. The van der Waals surface area contributed by atoms with Gasteiger partial charge in [-0.05, 0) is 27.2 Å². The van der Waals surface area contributed by atoms with Gasteiger partial charge >= 0.3 is 0 Å². The zero-order valence-electron chi connectivity index (χ0n) is 14.2. The van der Waals surface area contributed by atoms with Crippen LogP contribution in [0.3, 0.4) is 0 Å². The van der Waals surface area contributed by atoms with E-state index in [9.17, 15) is 0 Å². The van der Waals surface area contributed by atoms with Crippen molar-refractivity contribution in [3.8, 4) is 0 Å². The van der Waals surface area contributed by atoms with Crippen LogP contribution in [0.2, 0.25) is 0 Å². The summed E-state index contributed by atoms with van der Waals surface area (Å²) in [6, 6.07) is 0.502. The molecule has 1 aliphatic rings. The molecule has 0 spiro atoms. The summed E-state index contributed by atoms with van der Waals surface area (Å²) >= 11 is 1.83. The molecule has 0 aromatic carbocycles. The Labute approximate surface area is 132 Å². The number of thiazole rings is 1. The Kier molecular flexibility index (Phi) is 5.28. The average molecular weight is 311 g/mol. The Morgan fingerprint density at radius 1 is 1.48 bits per heavy atom. The summed E-state index contributed by atoms with van der Waals surface area (Å²) in [5.41, 5.74) is 1.13. The number of rotatable bonds is 5. The van der Waals surface area contributed by atoms with Crippen LogP contribution in [0, 0.1) is 0 Å². The first-order valence-corrected chi connectivity index (χ1v) is 8.77. The van der Waals surface area contributed by atoms with Crippen LogP contribution in [0.1, 0.15) is 52.1 Å². The molecule has 21 heavy (non-hydrogen) atoms. The molecule has 1 saturated heterocycles. The molecule has 0 saturated carbocycles. The monoisotopic (exact) mass is 311 g/mol. The fraction of sp³-hybridized carbons (Fsp3) is 0.812. The van der Waals surface area contributed by atoms with Gasteiger partial charge in [0, 0.05) is 30.6 Å². The van der Waals surface area contributed by atoms with Gasteiger partial charge in [-0.25, -0.2) is 4.98 Å². The second-order valence-corrected chi connectivity index (χ2v) is 7.89. The predicted octanol–water partition coefficient (Wildman–Crippen LogP) is 3.21. The van der Waals surface area contributed by atoms with Gasteiger partial charge in [-0.2, -0.15) is 0 Å². The molecule has 0 bridgehead atoms. The largest absolute Gasteiger partial charge is 0.369 e. The summed E-state index contributed by atoms with van der Waals surface area (Å²) in [5, 5.41) is 4.65. The molecule has 0 amide bonds. The fourth-order valence-electron chi connectivity index (χ4n) is 2.82. The number of hydrogen-bond acceptors (Lipinski definition) is 5. The van der Waals surface area contributed by atoms with Gasteiger partial charge in [0.05, 0.1) is 17.4 Å². The molecule has 1 atom stereocenters. The minimum absolute atomic E-state index is 0.105. The van der Waals surface area contributed by atoms with Gasteiger partial charge in [-0.3, -0.25) is 0 Å². The number of nitrogens with one attached hydrogen (secondary N) is 1. The van der Waals surface area contributed by atoms with Crippen LogP contribution >= 0.6 is 11.3 Å². The highest BCUT2D eigenvalue weighted by molar-refractivity contribution is 7.15. The smallest absolute Gasteiger partial charge is 0.186 e. The van der Waals surface area contributed by atoms with Gasteiger partial charge in [-0.15, -0.1) is 11.3 Å². The molecule has 0 aliphatic carbocycles. The first kappa shape index (κ1) is 16.7. The topological polar surface area (TPSA) is 37.4 Å². The quantitative estimate of drug-likeness (QED) is 0.906. The summed E-state index contributed by atoms with van der Waals surface area (Å²) in [5.74, 6) is 0. The van der Waals surface area contributed by atoms with Crippen LogP contribution in [0.15, 0.2) is 0 Å². The highest BCUT2D eigenvalue weighted by atomic mass is 32.1. The average Bonchev–Trinajstić information content (AvgIpc) is 2.77. The molecule has 120 valence electrons. The van der Waals surface area contributed by atoms with E-state index in [1.165, 1.54) is 10.6 Å². The van der Waals surface area contributed by atoms with Gasteiger partial charge in [0.2, 0.25) is 0 Å². The van der Waals surface area contributed by atoms with E-state index in [1.54, 1.807) is 0 Å². The molecule has 2 heterocycles. The van der Waals surface area contributed by atoms with Crippen LogP contribution in [-0.2, 0) is 17.7 Å². The number of aryl methyl sites for hydroxylation is 1. The van der Waals surface area contributed by atoms with Gasteiger partial charge in [0.25, 0.3) is 0 Å². The molecule has 0 radical (unpaired) electrons. The summed E-state index contributed by atoms with van der Waals surface area (Å²) in [4.78, 5) is 8.64. The number of ether oxygens (including phenoxy) is 1. The zero-order valence-corrected chi connectivity index (χ0v) is 15.0. The van der Waals surface area contributed by atoms with Gasteiger partial charge in [-0.1, -0.05) is 20.8 Å². The molecule has 5 heteroatoms. The van der Waals surface area contributed by atoms with E-state index in [0.29, 0.717) is 6.04 Å². The molecule has 1 aromatic heterocycles. The Morgan fingerprint density at radius 3 is 2.76 bits per heavy atom. The van der Waals surface area contributed by atoms with Crippen LogP contribution in [-0.4, -0.2) is 35.8 Å². The van der Waals surface area contributed by atoms with E-state index < -0.39 is 0 Å². The fourth-order valence-corrected chi connectivity index (χ4v) is 3.92. The van der Waals surface area contributed by atoms with Crippen molar-refractivity contribution in [2.45, 2.75) is 72.3 Å². The Balaban J connectivity index is 2.16. The molecule has 2 rings (SSSR count). The molecule has 1 unspecified atom stereocenters. The Morgan fingerprint density at radius 2 is 2.19 bits per heavy atom. The lowest BCUT2D eigenvalue weighted by Gasteiger charge is -2.41. The maximum Gasteiger partial charge on any atom is 0.186 e. The second-order valence-electron chi connectivity index (χ2n) is 6.82. The van der Waals surface area contributed by atoms with Crippen LogP contribution in [0.5, 0.6) is 0 Å². The van der Waals surface area contributed by atoms with Gasteiger partial charge in [0.15, 0.2) is 5.13 Å². The van der Waals surface area contributed by atoms with Crippen LogP contribution in [0.4, 0.5) is 5.13 Å². The first-order valence-electron chi connectivity index (χ1n) is 7.95. The lowest BCUT2D eigenvalue weighted by molar-refractivity contribution is -0.0749. The second kappa shape index (κ2) is 6.63. The van der Waals surface area contributed by atoms with E-state index in [-0.39, 0.29) is 11.7 Å².